The first-order chi connectivity index (χ1) is 9.70. The lowest BCUT2D eigenvalue weighted by Gasteiger charge is -2.29. The number of hydrogen-bond acceptors (Lipinski definition) is 2. The smallest absolute Gasteiger partial charge is 0.325 e. The molecule has 2 rings (SSSR count). The Labute approximate surface area is 121 Å². The Morgan fingerprint density at radius 1 is 1.30 bits per heavy atom. The molecule has 0 aliphatic heterocycles. The Balaban J connectivity index is 1.91. The molecule has 0 radical (unpaired) electrons. The van der Waals surface area contributed by atoms with Crippen LogP contribution in [0.25, 0.3) is 0 Å². The highest BCUT2D eigenvalue weighted by Gasteiger charge is 2.24. The second-order valence-corrected chi connectivity index (χ2v) is 5.90. The molecule has 1 aliphatic rings. The maximum absolute atomic E-state index is 11.4. The normalized spacial score (nSPS) is 24.2. The summed E-state index contributed by atoms with van der Waals surface area (Å²) in [4.78, 5) is 11.4. The van der Waals surface area contributed by atoms with Crippen LogP contribution in [0.4, 0.5) is 0 Å². The van der Waals surface area contributed by atoms with E-state index in [9.17, 15) is 9.90 Å². The lowest BCUT2D eigenvalue weighted by Crippen LogP contribution is -2.34. The van der Waals surface area contributed by atoms with Crippen LogP contribution < -0.4 is 5.32 Å². The average molecular weight is 275 g/mol. The maximum atomic E-state index is 11.4. The van der Waals surface area contributed by atoms with E-state index in [0.29, 0.717) is 5.92 Å². The van der Waals surface area contributed by atoms with Gasteiger partial charge in [0.05, 0.1) is 0 Å². The lowest BCUT2D eigenvalue weighted by atomic mass is 9.80. The molecule has 0 saturated heterocycles. The number of hydrogen-bond donors (Lipinski definition) is 2. The van der Waals surface area contributed by atoms with E-state index >= 15 is 0 Å². The first kappa shape index (κ1) is 15.0. The van der Waals surface area contributed by atoms with Crippen molar-refractivity contribution in [2.75, 3.05) is 6.54 Å². The van der Waals surface area contributed by atoms with Crippen molar-refractivity contribution in [2.45, 2.75) is 45.1 Å². The number of nitrogens with one attached hydrogen (secondary N) is 1. The van der Waals surface area contributed by atoms with Crippen LogP contribution >= 0.6 is 0 Å². The van der Waals surface area contributed by atoms with Gasteiger partial charge in [0, 0.05) is 0 Å². The molecule has 0 amide bonds. The predicted molar refractivity (Wildman–Crippen MR) is 80.6 cm³/mol. The quantitative estimate of drug-likeness (QED) is 0.833. The van der Waals surface area contributed by atoms with Gasteiger partial charge < -0.3 is 10.4 Å². The number of aliphatic carboxylic acids is 1. The van der Waals surface area contributed by atoms with E-state index < -0.39 is 12.0 Å². The standard InChI is InChI=1S/C17H25NO2/c1-2-13-7-6-8-14(11-13)12-18-16(17(19)20)15-9-4-3-5-10-15/h3-5,9-10,13-14,16,18H,2,6-8,11-12H2,1H3,(H,19,20)/t13?,14?,16-/m0/s1. The summed E-state index contributed by atoms with van der Waals surface area (Å²) in [5, 5.41) is 12.6. The van der Waals surface area contributed by atoms with E-state index in [1.165, 1.54) is 32.1 Å². The summed E-state index contributed by atoms with van der Waals surface area (Å²) in [5.41, 5.74) is 0.836. The van der Waals surface area contributed by atoms with Gasteiger partial charge in [0.25, 0.3) is 0 Å². The van der Waals surface area contributed by atoms with Crippen LogP contribution in [0, 0.1) is 11.8 Å². The first-order valence-electron chi connectivity index (χ1n) is 7.71. The molecule has 110 valence electrons. The van der Waals surface area contributed by atoms with Crippen LogP contribution in [0.2, 0.25) is 0 Å². The predicted octanol–water partition coefficient (Wildman–Crippen LogP) is 3.62. The van der Waals surface area contributed by atoms with E-state index in [2.05, 4.69) is 12.2 Å². The fourth-order valence-electron chi connectivity index (χ4n) is 3.24. The highest BCUT2D eigenvalue weighted by molar-refractivity contribution is 5.75. The number of carboxylic acids is 1. The van der Waals surface area contributed by atoms with Crippen molar-refractivity contribution in [1.29, 1.82) is 0 Å². The van der Waals surface area contributed by atoms with Crippen molar-refractivity contribution in [1.82, 2.24) is 5.32 Å². The minimum absolute atomic E-state index is 0.585. The van der Waals surface area contributed by atoms with Gasteiger partial charge in [-0.15, -0.1) is 0 Å². The minimum Gasteiger partial charge on any atom is -0.480 e. The molecule has 0 heterocycles. The summed E-state index contributed by atoms with van der Waals surface area (Å²) in [7, 11) is 0. The van der Waals surface area contributed by atoms with Gasteiger partial charge in [0.2, 0.25) is 0 Å². The third-order valence-electron chi connectivity index (χ3n) is 4.46. The van der Waals surface area contributed by atoms with Crippen LogP contribution in [0.1, 0.15) is 50.6 Å². The zero-order valence-electron chi connectivity index (χ0n) is 12.2. The van der Waals surface area contributed by atoms with Crippen molar-refractivity contribution in [2.24, 2.45) is 11.8 Å². The second kappa shape index (κ2) is 7.44. The summed E-state index contributed by atoms with van der Waals surface area (Å²) in [5.74, 6) is 0.661. The molecule has 2 unspecified atom stereocenters. The van der Waals surface area contributed by atoms with Gasteiger partial charge in [-0.25, -0.2) is 0 Å². The number of benzene rings is 1. The second-order valence-electron chi connectivity index (χ2n) is 5.90. The Kier molecular flexibility index (Phi) is 5.60. The molecule has 20 heavy (non-hydrogen) atoms. The minimum atomic E-state index is -0.793. The van der Waals surface area contributed by atoms with Crippen LogP contribution in [0.5, 0.6) is 0 Å². The first-order valence-corrected chi connectivity index (χ1v) is 7.71. The topological polar surface area (TPSA) is 49.3 Å². The zero-order chi connectivity index (χ0) is 14.4. The highest BCUT2D eigenvalue weighted by Crippen LogP contribution is 2.30. The van der Waals surface area contributed by atoms with Gasteiger partial charge in [0.15, 0.2) is 0 Å². The number of carbonyl (C=O) groups is 1. The van der Waals surface area contributed by atoms with Gasteiger partial charge in [-0.3, -0.25) is 4.79 Å². The molecule has 0 spiro atoms. The molecular formula is C17H25NO2. The van der Waals surface area contributed by atoms with Crippen LogP contribution in [0.3, 0.4) is 0 Å². The van der Waals surface area contributed by atoms with Crippen molar-refractivity contribution < 1.29 is 9.90 Å². The van der Waals surface area contributed by atoms with Gasteiger partial charge in [-0.2, -0.15) is 0 Å². The summed E-state index contributed by atoms with van der Waals surface area (Å²) < 4.78 is 0. The van der Waals surface area contributed by atoms with Crippen molar-refractivity contribution >= 4 is 5.97 Å². The van der Waals surface area contributed by atoms with Gasteiger partial charge in [-0.05, 0) is 36.8 Å². The van der Waals surface area contributed by atoms with Gasteiger partial charge >= 0.3 is 5.97 Å². The van der Waals surface area contributed by atoms with Crippen molar-refractivity contribution in [3.63, 3.8) is 0 Å². The summed E-state index contributed by atoms with van der Waals surface area (Å²) >= 11 is 0. The monoisotopic (exact) mass is 275 g/mol. The molecule has 0 aromatic heterocycles. The zero-order valence-corrected chi connectivity index (χ0v) is 12.2. The van der Waals surface area contributed by atoms with Gasteiger partial charge in [0.1, 0.15) is 6.04 Å². The summed E-state index contributed by atoms with van der Waals surface area (Å²) in [6, 6.07) is 8.86. The van der Waals surface area contributed by atoms with Crippen molar-refractivity contribution in [3.05, 3.63) is 35.9 Å². The molecule has 3 heteroatoms. The molecule has 1 aromatic rings. The van der Waals surface area contributed by atoms with Crippen LogP contribution in [-0.2, 0) is 4.79 Å². The molecule has 1 fully saturated rings. The third kappa shape index (κ3) is 4.07. The highest BCUT2D eigenvalue weighted by atomic mass is 16.4. The van der Waals surface area contributed by atoms with Gasteiger partial charge in [-0.1, -0.05) is 56.5 Å². The largest absolute Gasteiger partial charge is 0.480 e. The molecule has 0 bridgehead atoms. The Morgan fingerprint density at radius 2 is 2.00 bits per heavy atom. The van der Waals surface area contributed by atoms with Crippen molar-refractivity contribution in [3.8, 4) is 0 Å². The fraction of sp³-hybridized carbons (Fsp3) is 0.588. The molecule has 2 N–H and O–H groups in total. The van der Waals surface area contributed by atoms with E-state index in [1.807, 2.05) is 30.3 Å². The molecule has 3 nitrogen and oxygen atoms in total. The molecule has 3 atom stereocenters. The lowest BCUT2D eigenvalue weighted by molar-refractivity contribution is -0.139. The van der Waals surface area contributed by atoms with Crippen LogP contribution in [-0.4, -0.2) is 17.6 Å². The molecule has 1 aliphatic carbocycles. The van der Waals surface area contributed by atoms with Crippen LogP contribution in [0.15, 0.2) is 30.3 Å². The molecule has 1 aromatic carbocycles. The summed E-state index contributed by atoms with van der Waals surface area (Å²) in [6.45, 7) is 3.06. The Hall–Kier alpha value is -1.35. The van der Waals surface area contributed by atoms with E-state index in [1.54, 1.807) is 0 Å². The Morgan fingerprint density at radius 3 is 2.65 bits per heavy atom. The number of rotatable bonds is 6. The van der Waals surface area contributed by atoms with E-state index in [0.717, 1.165) is 18.0 Å². The average Bonchev–Trinajstić information content (AvgIpc) is 2.48. The van der Waals surface area contributed by atoms with E-state index in [-0.39, 0.29) is 0 Å². The maximum Gasteiger partial charge on any atom is 0.325 e. The fourth-order valence-corrected chi connectivity index (χ4v) is 3.24. The SMILES string of the molecule is CCC1CCCC(CN[C@H](C(=O)O)c2ccccc2)C1. The molecular weight excluding hydrogens is 250 g/mol. The third-order valence-corrected chi connectivity index (χ3v) is 4.46. The molecule has 1 saturated carbocycles. The van der Waals surface area contributed by atoms with E-state index in [4.69, 9.17) is 0 Å². The summed E-state index contributed by atoms with van der Waals surface area (Å²) in [6.07, 6.45) is 6.34. The number of carboxylic acid groups (broad SMARTS) is 1. The Bertz CT molecular complexity index is 418.